The number of aliphatic hydroxyl groups excluding tert-OH is 1. The molecular weight excluding hydrogens is 452 g/mol. The van der Waals surface area contributed by atoms with Crippen LogP contribution in [0.1, 0.15) is 42.1 Å². The lowest BCUT2D eigenvalue weighted by Crippen LogP contribution is -2.46. The number of fused-ring (bicyclic) bond motifs is 1. The Morgan fingerprint density at radius 2 is 2.09 bits per heavy atom. The molecule has 1 aliphatic carbocycles. The highest BCUT2D eigenvalue weighted by atomic mass is 32.1. The van der Waals surface area contributed by atoms with Gasteiger partial charge >= 0.3 is 0 Å². The molecule has 0 radical (unpaired) electrons. The predicted octanol–water partition coefficient (Wildman–Crippen LogP) is 2.86. The Bertz CT molecular complexity index is 1410. The zero-order chi connectivity index (χ0) is 23.8. The summed E-state index contributed by atoms with van der Waals surface area (Å²) in [6.45, 7) is 4.07. The summed E-state index contributed by atoms with van der Waals surface area (Å²) in [5.41, 5.74) is 4.35. The van der Waals surface area contributed by atoms with Crippen molar-refractivity contribution in [2.24, 2.45) is 0 Å². The molecule has 11 heteroatoms. The van der Waals surface area contributed by atoms with Gasteiger partial charge in [0.05, 0.1) is 40.3 Å². The highest BCUT2D eigenvalue weighted by Gasteiger charge is 2.29. The summed E-state index contributed by atoms with van der Waals surface area (Å²) >= 11 is 1.20. The second kappa shape index (κ2) is 8.81. The van der Waals surface area contributed by atoms with Crippen LogP contribution in [0.15, 0.2) is 36.7 Å². The van der Waals surface area contributed by atoms with E-state index in [-0.39, 0.29) is 29.1 Å². The number of amides is 1. The molecule has 0 bridgehead atoms. The third kappa shape index (κ3) is 4.21. The summed E-state index contributed by atoms with van der Waals surface area (Å²) in [5.74, 6) is -0.286. The number of carbonyl (C=O) groups excluding carboxylic acids is 1. The maximum Gasteiger partial charge on any atom is 0.282 e. The van der Waals surface area contributed by atoms with Crippen molar-refractivity contribution in [2.45, 2.75) is 44.9 Å². The maximum absolute atomic E-state index is 12.5. The fraction of sp³-hybridized carbons (Fsp3) is 0.304. The van der Waals surface area contributed by atoms with Crippen LogP contribution in [0.3, 0.4) is 0 Å². The van der Waals surface area contributed by atoms with Crippen LogP contribution in [0.25, 0.3) is 27.5 Å². The molecule has 5 rings (SSSR count). The molecule has 0 saturated heterocycles. The Balaban J connectivity index is 1.47. The van der Waals surface area contributed by atoms with Crippen molar-refractivity contribution in [3.63, 3.8) is 0 Å². The van der Waals surface area contributed by atoms with Crippen molar-refractivity contribution >= 4 is 28.4 Å². The smallest absolute Gasteiger partial charge is 0.282 e. The molecule has 0 spiro atoms. The van der Waals surface area contributed by atoms with Crippen LogP contribution in [-0.4, -0.2) is 54.0 Å². The van der Waals surface area contributed by atoms with E-state index in [2.05, 4.69) is 37.0 Å². The van der Waals surface area contributed by atoms with E-state index in [1.54, 1.807) is 16.8 Å². The van der Waals surface area contributed by atoms with Gasteiger partial charge in [-0.1, -0.05) is 11.3 Å². The first-order chi connectivity index (χ1) is 16.4. The lowest BCUT2D eigenvalue weighted by atomic mass is 9.89. The first kappa shape index (κ1) is 21.9. The second-order valence-corrected chi connectivity index (χ2v) is 9.51. The van der Waals surface area contributed by atoms with Gasteiger partial charge in [0.1, 0.15) is 6.07 Å². The molecule has 0 unspecified atom stereocenters. The molecule has 0 atom stereocenters. The van der Waals surface area contributed by atoms with Crippen molar-refractivity contribution in [3.8, 4) is 28.0 Å². The number of pyridine rings is 1. The van der Waals surface area contributed by atoms with Crippen molar-refractivity contribution in [1.82, 2.24) is 30.1 Å². The normalized spacial score (nSPS) is 17.4. The average molecular weight is 475 g/mol. The monoisotopic (exact) mass is 474 g/mol. The number of hydrogen-bond acceptors (Lipinski definition) is 9. The molecule has 1 saturated carbocycles. The van der Waals surface area contributed by atoms with Gasteiger partial charge in [-0.15, -0.1) is 10.2 Å². The SMILES string of the molecule is CC(C)Nc1cc(-c2ccc3cc(C#N)cnn23)ncc1-c1nnc(C(=O)N[C@H]2C[C@H](O)C2)s1. The van der Waals surface area contributed by atoms with E-state index >= 15 is 0 Å². The van der Waals surface area contributed by atoms with Crippen LogP contribution >= 0.6 is 11.3 Å². The number of carbonyl (C=O) groups is 1. The minimum Gasteiger partial charge on any atom is -0.393 e. The fourth-order valence-electron chi connectivity index (χ4n) is 3.83. The van der Waals surface area contributed by atoms with E-state index in [0.29, 0.717) is 29.1 Å². The fourth-order valence-corrected chi connectivity index (χ4v) is 4.60. The molecule has 172 valence electrons. The van der Waals surface area contributed by atoms with Gasteiger partial charge < -0.3 is 15.7 Å². The van der Waals surface area contributed by atoms with E-state index < -0.39 is 0 Å². The van der Waals surface area contributed by atoms with Crippen LogP contribution in [0.2, 0.25) is 0 Å². The van der Waals surface area contributed by atoms with Gasteiger partial charge in [-0.25, -0.2) is 4.52 Å². The zero-order valence-corrected chi connectivity index (χ0v) is 19.4. The first-order valence-corrected chi connectivity index (χ1v) is 11.7. The molecule has 1 amide bonds. The Labute approximate surface area is 199 Å². The molecule has 1 fully saturated rings. The van der Waals surface area contributed by atoms with Crippen LogP contribution in [0, 0.1) is 11.3 Å². The molecule has 0 aromatic carbocycles. The molecule has 4 heterocycles. The summed E-state index contributed by atoms with van der Waals surface area (Å²) in [7, 11) is 0. The van der Waals surface area contributed by atoms with Crippen LogP contribution in [0.5, 0.6) is 0 Å². The summed E-state index contributed by atoms with van der Waals surface area (Å²) in [6, 6.07) is 9.73. The number of nitrogens with zero attached hydrogens (tertiary/aromatic N) is 6. The van der Waals surface area contributed by atoms with Gasteiger partial charge in [0, 0.05) is 24.0 Å². The van der Waals surface area contributed by atoms with Crippen molar-refractivity contribution in [3.05, 3.63) is 47.2 Å². The maximum atomic E-state index is 12.5. The van der Waals surface area contributed by atoms with Gasteiger partial charge in [-0.2, -0.15) is 10.4 Å². The lowest BCUT2D eigenvalue weighted by Gasteiger charge is -2.31. The second-order valence-electron chi connectivity index (χ2n) is 8.53. The van der Waals surface area contributed by atoms with Crippen LogP contribution in [-0.2, 0) is 0 Å². The highest BCUT2D eigenvalue weighted by Crippen LogP contribution is 2.34. The molecule has 0 aliphatic heterocycles. The van der Waals surface area contributed by atoms with Crippen molar-refractivity contribution < 1.29 is 9.90 Å². The third-order valence-corrected chi connectivity index (χ3v) is 6.49. The first-order valence-electron chi connectivity index (χ1n) is 10.9. The van der Waals surface area contributed by atoms with Crippen LogP contribution < -0.4 is 10.6 Å². The lowest BCUT2D eigenvalue weighted by molar-refractivity contribution is 0.0562. The summed E-state index contributed by atoms with van der Waals surface area (Å²) < 4.78 is 1.74. The standard InChI is InChI=1S/C23H22N8O2S/c1-12(2)27-18-8-19(20-4-3-15-5-13(9-24)10-26-31(15)20)25-11-17(18)22-29-30-23(34-22)21(33)28-14-6-16(32)7-14/h3-5,8,10-12,14,16,32H,6-7H2,1-2H3,(H,25,27)(H,28,33)/t14-,16-. The van der Waals surface area contributed by atoms with Gasteiger partial charge in [0.25, 0.3) is 5.91 Å². The van der Waals surface area contributed by atoms with Gasteiger partial charge in [0.15, 0.2) is 5.01 Å². The van der Waals surface area contributed by atoms with E-state index in [9.17, 15) is 9.90 Å². The van der Waals surface area contributed by atoms with Gasteiger partial charge in [-0.05, 0) is 51.0 Å². The highest BCUT2D eigenvalue weighted by molar-refractivity contribution is 7.16. The molecule has 4 aromatic rings. The Morgan fingerprint density at radius 1 is 1.26 bits per heavy atom. The minimum absolute atomic E-state index is 0.0244. The number of nitriles is 1. The zero-order valence-electron chi connectivity index (χ0n) is 18.6. The minimum atomic E-state index is -0.342. The van der Waals surface area contributed by atoms with Crippen molar-refractivity contribution in [1.29, 1.82) is 5.26 Å². The third-order valence-electron chi connectivity index (χ3n) is 5.54. The Morgan fingerprint density at radius 3 is 2.82 bits per heavy atom. The summed E-state index contributed by atoms with van der Waals surface area (Å²) in [4.78, 5) is 17.1. The largest absolute Gasteiger partial charge is 0.393 e. The molecule has 4 aromatic heterocycles. The number of aromatic nitrogens is 5. The van der Waals surface area contributed by atoms with Gasteiger partial charge in [0.2, 0.25) is 5.01 Å². The van der Waals surface area contributed by atoms with Crippen LogP contribution in [0.4, 0.5) is 5.69 Å². The quantitative estimate of drug-likeness (QED) is 0.387. The summed E-state index contributed by atoms with van der Waals surface area (Å²) in [5, 5.41) is 38.4. The molecule has 1 aliphatic rings. The number of aliphatic hydroxyl groups is 1. The van der Waals surface area contributed by atoms with E-state index in [1.165, 1.54) is 17.5 Å². The van der Waals surface area contributed by atoms with E-state index in [1.807, 2.05) is 32.0 Å². The Hall–Kier alpha value is -3.88. The van der Waals surface area contributed by atoms with Crippen molar-refractivity contribution in [2.75, 3.05) is 5.32 Å². The Kier molecular flexibility index (Phi) is 5.69. The molecule has 3 N–H and O–H groups in total. The molecule has 10 nitrogen and oxygen atoms in total. The average Bonchev–Trinajstić information content (AvgIpc) is 3.44. The number of nitrogens with one attached hydrogen (secondary N) is 2. The van der Waals surface area contributed by atoms with E-state index in [0.717, 1.165) is 22.5 Å². The number of hydrogen-bond donors (Lipinski definition) is 3. The number of anilines is 1. The topological polar surface area (TPSA) is 141 Å². The predicted molar refractivity (Wildman–Crippen MR) is 127 cm³/mol. The van der Waals surface area contributed by atoms with E-state index in [4.69, 9.17) is 5.26 Å². The van der Waals surface area contributed by atoms with Gasteiger partial charge in [-0.3, -0.25) is 9.78 Å². The summed E-state index contributed by atoms with van der Waals surface area (Å²) in [6.07, 6.45) is 4.02. The molecule has 34 heavy (non-hydrogen) atoms. The molecular formula is C23H22N8O2S. The number of rotatable bonds is 6.